The first kappa shape index (κ1) is 15.3. The Hall–Kier alpha value is -2.05. The molecule has 1 aliphatic carbocycles. The zero-order valence-electron chi connectivity index (χ0n) is 11.3. The van der Waals surface area contributed by atoms with E-state index in [-0.39, 0.29) is 5.56 Å². The summed E-state index contributed by atoms with van der Waals surface area (Å²) in [5.41, 5.74) is 4.44. The van der Waals surface area contributed by atoms with E-state index < -0.39 is 41.4 Å². The fourth-order valence-corrected chi connectivity index (χ4v) is 2.30. The molecule has 2 rings (SSSR count). The third-order valence-corrected chi connectivity index (χ3v) is 3.58. The molecule has 114 valence electrons. The molecule has 0 aromatic heterocycles. The van der Waals surface area contributed by atoms with Crippen LogP contribution in [0.3, 0.4) is 0 Å². The monoisotopic (exact) mass is 300 g/mol. The number of hydrogen-bond acceptors (Lipinski definition) is 2. The Bertz CT molecular complexity index is 572. The van der Waals surface area contributed by atoms with Gasteiger partial charge in [-0.2, -0.15) is 13.2 Å². The van der Waals surface area contributed by atoms with Gasteiger partial charge in [-0.15, -0.1) is 0 Å². The van der Waals surface area contributed by atoms with Crippen molar-refractivity contribution in [2.75, 3.05) is 0 Å². The van der Waals surface area contributed by atoms with Gasteiger partial charge in [0.15, 0.2) is 0 Å². The van der Waals surface area contributed by atoms with Crippen molar-refractivity contribution < 1.29 is 22.8 Å². The fourth-order valence-electron chi connectivity index (χ4n) is 2.30. The Morgan fingerprint density at radius 1 is 1.33 bits per heavy atom. The van der Waals surface area contributed by atoms with Crippen LogP contribution in [0.5, 0.6) is 0 Å². The number of halogens is 3. The normalized spacial score (nSPS) is 22.5. The molecule has 1 saturated carbocycles. The summed E-state index contributed by atoms with van der Waals surface area (Å²) in [6, 6.07) is 4.40. The molecule has 0 radical (unpaired) electrons. The molecule has 3 N–H and O–H groups in total. The number of alkyl halides is 3. The number of primary amides is 1. The molecule has 3 unspecified atom stereocenters. The molecule has 0 heterocycles. The van der Waals surface area contributed by atoms with Crippen LogP contribution < -0.4 is 11.1 Å². The van der Waals surface area contributed by atoms with E-state index in [1.807, 2.05) is 0 Å². The molecule has 2 amide bonds. The summed E-state index contributed by atoms with van der Waals surface area (Å²) in [6.45, 7) is 1.43. The van der Waals surface area contributed by atoms with Crippen LogP contribution in [0.1, 0.15) is 30.4 Å². The smallest absolute Gasteiger partial charge is 0.368 e. The largest absolute Gasteiger partial charge is 0.416 e. The van der Waals surface area contributed by atoms with E-state index in [2.05, 4.69) is 5.32 Å². The molecule has 21 heavy (non-hydrogen) atoms. The van der Waals surface area contributed by atoms with Gasteiger partial charge in [0.2, 0.25) is 11.8 Å². The van der Waals surface area contributed by atoms with Crippen LogP contribution >= 0.6 is 0 Å². The topological polar surface area (TPSA) is 72.2 Å². The predicted molar refractivity (Wildman–Crippen MR) is 69.1 cm³/mol. The van der Waals surface area contributed by atoms with Crippen molar-refractivity contribution in [3.63, 3.8) is 0 Å². The maximum absolute atomic E-state index is 12.9. The lowest BCUT2D eigenvalue weighted by Gasteiger charge is -2.13. The van der Waals surface area contributed by atoms with Crippen molar-refractivity contribution >= 4 is 11.8 Å². The average Bonchev–Trinajstić information content (AvgIpc) is 3.17. The third-order valence-electron chi connectivity index (χ3n) is 3.58. The lowest BCUT2D eigenvalue weighted by Crippen LogP contribution is -2.43. The standard InChI is InChI=1S/C14H15F3N2O2/c1-7(12(18)20)19-13(21)10-6-9(10)8-4-2-3-5-11(8)14(15,16)17/h2-5,7,9-10H,6H2,1H3,(H2,18,20)(H,19,21). The Kier molecular flexibility index (Phi) is 3.93. The van der Waals surface area contributed by atoms with Gasteiger partial charge < -0.3 is 11.1 Å². The van der Waals surface area contributed by atoms with Crippen LogP contribution in [0.4, 0.5) is 13.2 Å². The highest BCUT2D eigenvalue weighted by Crippen LogP contribution is 2.51. The number of amides is 2. The van der Waals surface area contributed by atoms with Gasteiger partial charge in [0.1, 0.15) is 6.04 Å². The lowest BCUT2D eigenvalue weighted by molar-refractivity contribution is -0.138. The number of benzene rings is 1. The van der Waals surface area contributed by atoms with Crippen LogP contribution in [0.15, 0.2) is 24.3 Å². The Labute approximate surface area is 119 Å². The Balaban J connectivity index is 2.11. The van der Waals surface area contributed by atoms with Gasteiger partial charge in [0.05, 0.1) is 5.56 Å². The van der Waals surface area contributed by atoms with Crippen molar-refractivity contribution in [3.8, 4) is 0 Å². The second kappa shape index (κ2) is 5.38. The van der Waals surface area contributed by atoms with Crippen LogP contribution in [0.25, 0.3) is 0 Å². The summed E-state index contributed by atoms with van der Waals surface area (Å²) >= 11 is 0. The molecule has 0 aliphatic heterocycles. The third kappa shape index (κ3) is 3.34. The van der Waals surface area contributed by atoms with Crippen molar-refractivity contribution in [2.24, 2.45) is 11.7 Å². The summed E-state index contributed by atoms with van der Waals surface area (Å²) in [7, 11) is 0. The summed E-state index contributed by atoms with van der Waals surface area (Å²) in [6.07, 6.45) is -4.11. The number of nitrogens with two attached hydrogens (primary N) is 1. The second-order valence-corrected chi connectivity index (χ2v) is 5.17. The first-order chi connectivity index (χ1) is 9.71. The number of rotatable bonds is 4. The lowest BCUT2D eigenvalue weighted by atomic mass is 10.0. The van der Waals surface area contributed by atoms with Gasteiger partial charge in [0.25, 0.3) is 0 Å². The molecule has 0 saturated heterocycles. The summed E-state index contributed by atoms with van der Waals surface area (Å²) in [4.78, 5) is 22.7. The highest BCUT2D eigenvalue weighted by molar-refractivity contribution is 5.89. The minimum Gasteiger partial charge on any atom is -0.368 e. The van der Waals surface area contributed by atoms with Crippen molar-refractivity contribution in [1.29, 1.82) is 0 Å². The summed E-state index contributed by atoms with van der Waals surface area (Å²) in [5, 5.41) is 2.40. The molecular weight excluding hydrogens is 285 g/mol. The van der Waals surface area contributed by atoms with E-state index in [0.717, 1.165) is 6.07 Å². The second-order valence-electron chi connectivity index (χ2n) is 5.17. The first-order valence-electron chi connectivity index (χ1n) is 6.47. The molecule has 4 nitrogen and oxygen atoms in total. The maximum atomic E-state index is 12.9. The summed E-state index contributed by atoms with van der Waals surface area (Å²) in [5.74, 6) is -2.14. The van der Waals surface area contributed by atoms with E-state index >= 15 is 0 Å². The van der Waals surface area contributed by atoms with Gasteiger partial charge in [-0.25, -0.2) is 0 Å². The molecule has 0 bridgehead atoms. The van der Waals surface area contributed by atoms with Crippen molar-refractivity contribution in [2.45, 2.75) is 31.5 Å². The highest BCUT2D eigenvalue weighted by atomic mass is 19.4. The van der Waals surface area contributed by atoms with Crippen LogP contribution in [0.2, 0.25) is 0 Å². The first-order valence-corrected chi connectivity index (χ1v) is 6.47. The Morgan fingerprint density at radius 2 is 1.95 bits per heavy atom. The SMILES string of the molecule is CC(NC(=O)C1CC1c1ccccc1C(F)(F)F)C(N)=O. The van der Waals surface area contributed by atoms with Gasteiger partial charge >= 0.3 is 6.18 Å². The van der Waals surface area contributed by atoms with E-state index in [9.17, 15) is 22.8 Å². The number of carbonyl (C=O) groups is 2. The van der Waals surface area contributed by atoms with Crippen molar-refractivity contribution in [1.82, 2.24) is 5.32 Å². The van der Waals surface area contributed by atoms with E-state index in [4.69, 9.17) is 5.73 Å². The predicted octanol–water partition coefficient (Wildman–Crippen LogP) is 1.80. The van der Waals surface area contributed by atoms with Gasteiger partial charge in [-0.3, -0.25) is 9.59 Å². The highest BCUT2D eigenvalue weighted by Gasteiger charge is 2.48. The summed E-state index contributed by atoms with van der Waals surface area (Å²) < 4.78 is 38.8. The molecule has 1 aliphatic rings. The zero-order valence-corrected chi connectivity index (χ0v) is 11.3. The molecule has 7 heteroatoms. The quantitative estimate of drug-likeness (QED) is 0.890. The molecular formula is C14H15F3N2O2. The molecule has 1 fully saturated rings. The van der Waals surface area contributed by atoms with Crippen LogP contribution in [-0.4, -0.2) is 17.9 Å². The van der Waals surface area contributed by atoms with Gasteiger partial charge in [-0.1, -0.05) is 18.2 Å². The van der Waals surface area contributed by atoms with Crippen molar-refractivity contribution in [3.05, 3.63) is 35.4 Å². The molecule has 1 aromatic carbocycles. The van der Waals surface area contributed by atoms with E-state index in [1.165, 1.54) is 25.1 Å². The fraction of sp³-hybridized carbons (Fsp3) is 0.429. The maximum Gasteiger partial charge on any atom is 0.416 e. The number of hydrogen-bond donors (Lipinski definition) is 2. The number of nitrogens with one attached hydrogen (secondary N) is 1. The molecule has 3 atom stereocenters. The average molecular weight is 300 g/mol. The number of carbonyl (C=O) groups excluding carboxylic acids is 2. The van der Waals surface area contributed by atoms with Gasteiger partial charge in [0, 0.05) is 5.92 Å². The van der Waals surface area contributed by atoms with E-state index in [1.54, 1.807) is 0 Å². The zero-order chi connectivity index (χ0) is 15.8. The van der Waals surface area contributed by atoms with Crippen LogP contribution in [-0.2, 0) is 15.8 Å². The minimum absolute atomic E-state index is 0.122. The van der Waals surface area contributed by atoms with Crippen LogP contribution in [0, 0.1) is 5.92 Å². The molecule has 1 aromatic rings. The minimum atomic E-state index is -4.44. The molecule has 0 spiro atoms. The van der Waals surface area contributed by atoms with E-state index in [0.29, 0.717) is 6.42 Å². The van der Waals surface area contributed by atoms with Gasteiger partial charge in [-0.05, 0) is 30.9 Å². The Morgan fingerprint density at radius 3 is 2.52 bits per heavy atom.